The van der Waals surface area contributed by atoms with E-state index in [9.17, 15) is 61.5 Å². The standard InChI is InChI=1S/C21H30O3.C21H30O2.C19H30O5S.C19H30O2.C19H26O2.Na/c1-13(22)21(24)11-8-18-16-5-4-14-12-15(23)6-9-19(14,2)17(16)7-10-20(18,21)3;1-13(22)17-6-7-18-16-5-4-14-12-15(23)8-10-20(14,2)19(16)9-11-21(17,18)3;1-18-9-7-13(24-25(21,22)23)11-12(18)3-4-14-15-5-6-17(20)19(15,2)10-8-16(14)18;2*1-18-9-7-13(20)11-12(18)3-4-14-15-5-6-17(21)19(15,2)10-8-16(14)18;/h12,16-18,24H,4-11H2,1-3H3;12,16-19H,4-11H2,1-3H3;12-16H,3-11H2,1-2H3,(H,21,22,23);12-16,20H,3-11H2,1-2H3;11,14-16H,3-10H2,1-2H3;/q;;;;;+1/p-1/t16-,17+,18+,19+,20+,21+;16-,17+,18-,19-,20-,21+;2*12?,13-,14-,15-,16-,18-,19-;14-,15-,16-,18-,19-;/m10000./s1/i1D3,4D2,6D2,12D;1D3,4D2,8D2,12D;2*3D,7D2,11D2,13D;3D2,7D2,11D;/t2m;2*3?,12?,13-,14-,15-,16-,18-,19-;m;. The Kier molecular flexibility index (Phi) is 14.9. The third-order valence-corrected chi connectivity index (χ3v) is 37.2. The molecule has 20 aliphatic carbocycles. The molecule has 632 valence electrons. The summed E-state index contributed by atoms with van der Waals surface area (Å²) >= 11 is 0. The van der Waals surface area contributed by atoms with E-state index < -0.39 is 233 Å². The summed E-state index contributed by atoms with van der Waals surface area (Å²) in [6, 6.07) is -1.54. The molecule has 14 nitrogen and oxygen atoms in total. The van der Waals surface area contributed by atoms with E-state index in [2.05, 4.69) is 4.18 Å². The van der Waals surface area contributed by atoms with Gasteiger partial charge in [-0.3, -0.25) is 42.5 Å². The van der Waals surface area contributed by atoms with Gasteiger partial charge in [0.15, 0.2) is 23.1 Å². The van der Waals surface area contributed by atoms with E-state index in [1.165, 1.54) is 0 Å². The third-order valence-electron chi connectivity index (χ3n) is 36.9. The molecule has 0 saturated heterocycles. The van der Waals surface area contributed by atoms with Crippen LogP contribution < -0.4 is 29.6 Å². The number of fused-ring (bicyclic) bond motifs is 25. The fraction of sp³-hybridized carbons (Fsp3) is 0.859. The average Bonchev–Trinajstić information content (AvgIpc) is 1.30. The molecule has 2 N–H and O–H groups in total. The molecule has 20 aliphatic rings. The summed E-state index contributed by atoms with van der Waals surface area (Å²) in [6.45, 7) is 13.2. The molecule has 33 atom stereocenters. The average molecular weight is 1650 g/mol. The Labute approximate surface area is 759 Å². The normalized spacial score (nSPS) is 62.2. The van der Waals surface area contributed by atoms with Crippen LogP contribution in [0.3, 0.4) is 0 Å². The molecule has 0 aromatic heterocycles. The van der Waals surface area contributed by atoms with Crippen LogP contribution in [0, 0.1) is 161 Å². The molecule has 0 aromatic carbocycles. The van der Waals surface area contributed by atoms with Crippen molar-refractivity contribution in [3.63, 3.8) is 0 Å². The monoisotopic (exact) mass is 1650 g/mol. The quantitative estimate of drug-likeness (QED) is 0.151. The van der Waals surface area contributed by atoms with Crippen molar-refractivity contribution in [2.24, 2.45) is 161 Å². The molecule has 16 heteroatoms. The van der Waals surface area contributed by atoms with Gasteiger partial charge in [0.2, 0.25) is 10.4 Å². The molecular weight excluding hydrogens is 1470 g/mol. The molecule has 20 rings (SSSR count). The van der Waals surface area contributed by atoms with Crippen molar-refractivity contribution in [3.05, 3.63) is 34.9 Å². The number of rotatable bonds is 4. The molecule has 0 aromatic rings. The van der Waals surface area contributed by atoms with Gasteiger partial charge in [0, 0.05) is 104 Å². The summed E-state index contributed by atoms with van der Waals surface area (Å²) in [5, 5.41) is 21.9. The van der Waals surface area contributed by atoms with Crippen LogP contribution in [-0.2, 0) is 52.9 Å². The van der Waals surface area contributed by atoms with Crippen LogP contribution in [0.1, 0.15) is 397 Å². The van der Waals surface area contributed by atoms with Crippen LogP contribution in [0.2, 0.25) is 0 Å². The Morgan fingerprint density at radius 2 is 0.826 bits per heavy atom. The first-order valence-electron chi connectivity index (χ1n) is 59.9. The molecule has 4 unspecified atom stereocenters. The van der Waals surface area contributed by atoms with Gasteiger partial charge in [0.05, 0.1) is 19.0 Å². The van der Waals surface area contributed by atoms with Crippen LogP contribution in [0.4, 0.5) is 0 Å². The zero-order valence-corrected chi connectivity index (χ0v) is 72.3. The second kappa shape index (κ2) is 31.2. The van der Waals surface area contributed by atoms with E-state index >= 15 is 0 Å². The molecule has 17 fully saturated rings. The molecule has 0 amide bonds. The fourth-order valence-corrected chi connectivity index (χ4v) is 30.3. The number of carbonyl (C=O) groups is 8. The number of allylic oxidation sites excluding steroid dienone is 3. The molecule has 0 aliphatic heterocycles. The Morgan fingerprint density at radius 3 is 1.28 bits per heavy atom. The predicted molar refractivity (Wildman–Crippen MR) is 439 cm³/mol. The minimum absolute atomic E-state index is 0. The first-order chi connectivity index (χ1) is 66.2. The second-order valence-electron chi connectivity index (χ2n) is 41.4. The van der Waals surface area contributed by atoms with Crippen molar-refractivity contribution in [2.75, 3.05) is 0 Å². The minimum atomic E-state index is -5.56. The Balaban J connectivity index is 0.000000139. The van der Waals surface area contributed by atoms with E-state index in [1.54, 1.807) is 27.7 Å². The summed E-state index contributed by atoms with van der Waals surface area (Å²) in [4.78, 5) is 100. The SMILES string of the molecule is [2H]C1=C2C([2H])([2H])C[C@@H]3[C@H](CC[C@@]4(C)[C@H]3CC[C@]4(O)C(=O)C([2H])([2H])[2H])[C@@]2(C)CC([2H])([2H])C1=O.[2H]C1=C2C([2H])([2H])C[C@@H]3[C@H](CC[C@]4(C)C(=O)CC[C@@H]34)[C@@]2(C)CC([2H])([2H])C1=O.[2H]C1=C2C([2H])([2H])C[C@H]3[C@@H]4CC[C@H](C(=O)C([2H])([2H])[2H])[C@@]4(C)CC[C@@H]3[C@@]2(C)CC([2H])([2H])C1=O.[2H]C1C[C@@H]2[C@H](CC[C@]3(C)C(=O)CC[C@@H]23)[C@@]2(C)CC([2H])([2H])[C@]([2H])(O)C([2H])([2H])C12.[2H]C1C[C@@H]2[C@H](CC[C@]3(C)C(=O)CC[C@@H]23)[C@@]2(C)CC([2H])([2H])[C@]([2H])(OS(=O)(=O)[O-])C([2H])([2H])C12.[Na+]. The van der Waals surface area contributed by atoms with E-state index in [0.29, 0.717) is 102 Å². The number of hydrogen-bond donors (Lipinski definition) is 2. The van der Waals surface area contributed by atoms with Crippen molar-refractivity contribution in [1.82, 2.24) is 0 Å². The van der Waals surface area contributed by atoms with Crippen molar-refractivity contribution in [1.29, 1.82) is 0 Å². The molecular formula is C99H145NaO14S. The molecule has 115 heavy (non-hydrogen) atoms. The fourth-order valence-electron chi connectivity index (χ4n) is 30.0. The first kappa shape index (κ1) is 54.9. The predicted octanol–water partition coefficient (Wildman–Crippen LogP) is 17.1. The number of hydrogen-bond acceptors (Lipinski definition) is 14. The van der Waals surface area contributed by atoms with E-state index in [0.717, 1.165) is 38.5 Å². The van der Waals surface area contributed by atoms with Gasteiger partial charge in [0.1, 0.15) is 28.7 Å². The number of Topliss-reactive ketones (excluding diaryl/α,β-unsaturated/α-hetero) is 5. The maximum absolute atomic E-state index is 12.8. The van der Waals surface area contributed by atoms with Crippen LogP contribution in [0.5, 0.6) is 0 Å². The molecule has 0 spiro atoms. The van der Waals surface area contributed by atoms with E-state index in [1.807, 2.05) is 41.5 Å². The van der Waals surface area contributed by atoms with Gasteiger partial charge in [-0.15, -0.1) is 0 Å². The van der Waals surface area contributed by atoms with Gasteiger partial charge in [-0.1, -0.05) is 86.0 Å². The van der Waals surface area contributed by atoms with Gasteiger partial charge in [-0.05, 0) is 396 Å². The van der Waals surface area contributed by atoms with Gasteiger partial charge in [-0.25, -0.2) is 8.42 Å². The largest absolute Gasteiger partial charge is 1.00 e. The minimum Gasteiger partial charge on any atom is -0.726 e. The van der Waals surface area contributed by atoms with Gasteiger partial charge < -0.3 is 14.8 Å². The summed E-state index contributed by atoms with van der Waals surface area (Å²) in [5.41, 5.74) is -9.04. The van der Waals surface area contributed by atoms with Crippen LogP contribution in [0.15, 0.2) is 34.9 Å². The Hall–Kier alpha value is -2.63. The summed E-state index contributed by atoms with van der Waals surface area (Å²) in [6.07, 6.45) is -19.2. The van der Waals surface area contributed by atoms with Crippen molar-refractivity contribution < 1.29 is 141 Å². The van der Waals surface area contributed by atoms with Gasteiger partial charge in [0.25, 0.3) is 0 Å². The topological polar surface area (TPSA) is 243 Å². The van der Waals surface area contributed by atoms with Crippen LogP contribution in [-0.4, -0.2) is 87.2 Å². The molecule has 0 heterocycles. The maximum atomic E-state index is 12.8. The maximum Gasteiger partial charge on any atom is 1.00 e. The van der Waals surface area contributed by atoms with Gasteiger partial charge >= 0.3 is 29.6 Å². The first-order valence-corrected chi connectivity index (χ1v) is 44.5. The van der Waals surface area contributed by atoms with Crippen LogP contribution >= 0.6 is 0 Å². The van der Waals surface area contributed by atoms with Crippen molar-refractivity contribution in [2.45, 2.75) is 370 Å². The van der Waals surface area contributed by atoms with E-state index in [-0.39, 0.29) is 209 Å². The third kappa shape index (κ3) is 14.2. The Bertz CT molecular complexity index is 5710. The summed E-state index contributed by atoms with van der Waals surface area (Å²) < 4.78 is 312. The number of ketones is 8. The Morgan fingerprint density at radius 1 is 0.443 bits per heavy atom. The van der Waals surface area contributed by atoms with E-state index in [4.69, 9.17) is 45.2 Å². The molecule has 0 bridgehead atoms. The molecule has 17 saturated carbocycles. The summed E-state index contributed by atoms with van der Waals surface area (Å²) in [5.74, 6) is -7.35. The zero-order valence-electron chi connectivity index (χ0n) is 102. The number of aliphatic hydroxyl groups is 2. The second-order valence-corrected chi connectivity index (χ2v) is 42.4. The smallest absolute Gasteiger partial charge is 0.726 e. The van der Waals surface area contributed by atoms with Crippen molar-refractivity contribution in [3.8, 4) is 0 Å². The number of carbonyl (C=O) groups excluding carboxylic acids is 8. The van der Waals surface area contributed by atoms with Gasteiger partial charge in [-0.2, -0.15) is 0 Å². The zero-order chi connectivity index (χ0) is 111. The molecule has 0 radical (unpaired) electrons. The summed E-state index contributed by atoms with van der Waals surface area (Å²) in [7, 11) is -5.56. The van der Waals surface area contributed by atoms with Crippen LogP contribution in [0.25, 0.3) is 0 Å². The van der Waals surface area contributed by atoms with Crippen molar-refractivity contribution >= 4 is 56.7 Å².